The number of aromatic nitrogens is 1. The number of morpholine rings is 1. The summed E-state index contributed by atoms with van der Waals surface area (Å²) in [6, 6.07) is 14.3. The molecule has 3 aromatic rings. The first-order chi connectivity index (χ1) is 15.2. The molecule has 0 aliphatic carbocycles. The number of carbonyl (C=O) groups is 1. The van der Waals surface area contributed by atoms with Crippen molar-refractivity contribution in [3.63, 3.8) is 0 Å². The molecule has 7 heteroatoms. The maximum atomic E-state index is 12.9. The maximum absolute atomic E-state index is 12.9. The number of carbonyl (C=O) groups excluding carboxylic acids is 1. The topological polar surface area (TPSA) is 70.8 Å². The minimum absolute atomic E-state index is 0.212. The van der Waals surface area contributed by atoms with Gasteiger partial charge in [-0.05, 0) is 43.2 Å². The van der Waals surface area contributed by atoms with E-state index < -0.39 is 0 Å². The highest BCUT2D eigenvalue weighted by Gasteiger charge is 2.28. The first-order valence-electron chi connectivity index (χ1n) is 10.7. The van der Waals surface area contributed by atoms with Crippen LogP contribution < -0.4 is 15.1 Å². The molecule has 1 fully saturated rings. The number of benzene rings is 1. The monoisotopic (exact) mass is 418 g/mol. The van der Waals surface area contributed by atoms with Crippen molar-refractivity contribution in [2.24, 2.45) is 0 Å². The number of nitrogens with zero attached hydrogens (tertiary/aromatic N) is 3. The molecule has 0 bridgehead atoms. The zero-order chi connectivity index (χ0) is 21.2. The molecule has 0 saturated carbocycles. The molecule has 0 radical (unpaired) electrons. The zero-order valence-corrected chi connectivity index (χ0v) is 17.6. The second-order valence-corrected chi connectivity index (χ2v) is 8.02. The fourth-order valence-corrected chi connectivity index (χ4v) is 4.34. The first kappa shape index (κ1) is 19.6. The lowest BCUT2D eigenvalue weighted by Gasteiger charge is -2.28. The number of fused-ring (bicyclic) bond motifs is 1. The molecule has 1 atom stereocenters. The minimum atomic E-state index is -0.212. The molecule has 2 aliphatic rings. The Morgan fingerprint density at radius 1 is 1.16 bits per heavy atom. The summed E-state index contributed by atoms with van der Waals surface area (Å²) in [6.07, 6.45) is 4.36. The fraction of sp³-hybridized carbons (Fsp3) is 0.333. The number of hydrogen-bond donors (Lipinski definition) is 1. The molecule has 2 aliphatic heterocycles. The van der Waals surface area contributed by atoms with Crippen LogP contribution >= 0.6 is 0 Å². The van der Waals surface area contributed by atoms with E-state index in [0.717, 1.165) is 38.4 Å². The molecule has 31 heavy (non-hydrogen) atoms. The molecule has 5 rings (SSSR count). The van der Waals surface area contributed by atoms with E-state index in [9.17, 15) is 4.79 Å². The summed E-state index contributed by atoms with van der Waals surface area (Å²) < 4.78 is 11.1. The van der Waals surface area contributed by atoms with Gasteiger partial charge in [0, 0.05) is 24.8 Å². The van der Waals surface area contributed by atoms with Gasteiger partial charge in [0.25, 0.3) is 5.91 Å². The Balaban J connectivity index is 1.28. The molecule has 160 valence electrons. The van der Waals surface area contributed by atoms with Crippen LogP contribution in [-0.4, -0.2) is 43.2 Å². The van der Waals surface area contributed by atoms with Crippen LogP contribution in [0.1, 0.15) is 28.6 Å². The average Bonchev–Trinajstić information content (AvgIpc) is 3.39. The third-order valence-corrected chi connectivity index (χ3v) is 6.02. The SMILES string of the molecule is CC1Cc2ccccc2N1Cc1occc1C(=O)Nc1ccc(N2CCOCC2)cn1. The molecule has 1 amide bonds. The molecule has 1 N–H and O–H groups in total. The summed E-state index contributed by atoms with van der Waals surface area (Å²) in [6.45, 7) is 5.90. The van der Waals surface area contributed by atoms with E-state index in [4.69, 9.17) is 9.15 Å². The number of ether oxygens (including phenoxy) is 1. The van der Waals surface area contributed by atoms with Gasteiger partial charge in [0.1, 0.15) is 11.6 Å². The lowest BCUT2D eigenvalue weighted by Crippen LogP contribution is -2.36. The van der Waals surface area contributed by atoms with E-state index in [1.807, 2.05) is 18.2 Å². The number of furan rings is 1. The van der Waals surface area contributed by atoms with Gasteiger partial charge in [-0.25, -0.2) is 4.98 Å². The third-order valence-electron chi connectivity index (χ3n) is 6.02. The number of anilines is 3. The van der Waals surface area contributed by atoms with Crippen LogP contribution in [0.25, 0.3) is 0 Å². The first-order valence-corrected chi connectivity index (χ1v) is 10.7. The smallest absolute Gasteiger partial charge is 0.260 e. The summed E-state index contributed by atoms with van der Waals surface area (Å²) in [5, 5.41) is 2.90. The quantitative estimate of drug-likeness (QED) is 0.681. The van der Waals surface area contributed by atoms with Gasteiger partial charge in [-0.15, -0.1) is 0 Å². The third kappa shape index (κ3) is 4.01. The molecule has 0 spiro atoms. The second kappa shape index (κ2) is 8.43. The molecular formula is C24H26N4O3. The Bertz CT molecular complexity index is 1060. The average molecular weight is 418 g/mol. The van der Waals surface area contributed by atoms with E-state index in [-0.39, 0.29) is 5.91 Å². The van der Waals surface area contributed by atoms with Crippen LogP contribution in [0, 0.1) is 0 Å². The standard InChI is InChI=1S/C24H26N4O3/c1-17-14-18-4-2-3-5-21(18)28(17)16-22-20(8-11-31-22)24(29)26-23-7-6-19(15-25-23)27-9-12-30-13-10-27/h2-8,11,15,17H,9-10,12-14,16H2,1H3,(H,25,26,29). The van der Waals surface area contributed by atoms with Crippen molar-refractivity contribution < 1.29 is 13.9 Å². The lowest BCUT2D eigenvalue weighted by atomic mass is 10.1. The molecule has 1 unspecified atom stereocenters. The summed E-state index contributed by atoms with van der Waals surface area (Å²) in [4.78, 5) is 21.9. The van der Waals surface area contributed by atoms with Gasteiger partial charge in [0.15, 0.2) is 0 Å². The van der Waals surface area contributed by atoms with Gasteiger partial charge in [0.05, 0.1) is 43.5 Å². The molecule has 1 aromatic carbocycles. The Kier molecular flexibility index (Phi) is 5.34. The molecule has 2 aromatic heterocycles. The highest BCUT2D eigenvalue weighted by Crippen LogP contribution is 2.33. The zero-order valence-electron chi connectivity index (χ0n) is 17.6. The van der Waals surface area contributed by atoms with Gasteiger partial charge in [-0.1, -0.05) is 18.2 Å². The Morgan fingerprint density at radius 3 is 2.81 bits per heavy atom. The van der Waals surface area contributed by atoms with Crippen molar-refractivity contribution in [2.45, 2.75) is 25.9 Å². The summed E-state index contributed by atoms with van der Waals surface area (Å²) >= 11 is 0. The fourth-order valence-electron chi connectivity index (χ4n) is 4.34. The Hall–Kier alpha value is -3.32. The predicted molar refractivity (Wildman–Crippen MR) is 120 cm³/mol. The molecule has 1 saturated heterocycles. The van der Waals surface area contributed by atoms with Crippen molar-refractivity contribution in [3.8, 4) is 0 Å². The van der Waals surface area contributed by atoms with Crippen molar-refractivity contribution in [3.05, 3.63) is 71.8 Å². The van der Waals surface area contributed by atoms with Gasteiger partial charge in [-0.3, -0.25) is 4.79 Å². The van der Waals surface area contributed by atoms with E-state index in [1.54, 1.807) is 18.5 Å². The molecular weight excluding hydrogens is 392 g/mol. The Morgan fingerprint density at radius 2 is 2.00 bits per heavy atom. The van der Waals surface area contributed by atoms with Gasteiger partial charge < -0.3 is 24.3 Å². The van der Waals surface area contributed by atoms with Crippen molar-refractivity contribution >= 4 is 23.1 Å². The van der Waals surface area contributed by atoms with E-state index >= 15 is 0 Å². The predicted octanol–water partition coefficient (Wildman–Crippen LogP) is 3.71. The number of para-hydroxylation sites is 1. The van der Waals surface area contributed by atoms with Crippen LogP contribution in [0.2, 0.25) is 0 Å². The number of pyridine rings is 1. The maximum Gasteiger partial charge on any atom is 0.260 e. The van der Waals surface area contributed by atoms with Crippen LogP contribution in [0.15, 0.2) is 59.3 Å². The number of rotatable bonds is 5. The van der Waals surface area contributed by atoms with Gasteiger partial charge in [0.2, 0.25) is 0 Å². The van der Waals surface area contributed by atoms with E-state index in [0.29, 0.717) is 29.7 Å². The normalized spacial score (nSPS) is 18.2. The largest absolute Gasteiger partial charge is 0.467 e. The summed E-state index contributed by atoms with van der Waals surface area (Å²) in [5.74, 6) is 0.968. The number of hydrogen-bond acceptors (Lipinski definition) is 6. The Labute approximate surface area is 181 Å². The highest BCUT2D eigenvalue weighted by atomic mass is 16.5. The van der Waals surface area contributed by atoms with Crippen molar-refractivity contribution in [1.82, 2.24) is 4.98 Å². The molecule has 4 heterocycles. The number of nitrogens with one attached hydrogen (secondary N) is 1. The van der Waals surface area contributed by atoms with Crippen LogP contribution in [0.4, 0.5) is 17.2 Å². The summed E-state index contributed by atoms with van der Waals surface area (Å²) in [5.41, 5.74) is 4.11. The van der Waals surface area contributed by atoms with Crippen molar-refractivity contribution in [2.75, 3.05) is 41.4 Å². The van der Waals surface area contributed by atoms with Crippen LogP contribution in [0.3, 0.4) is 0 Å². The van der Waals surface area contributed by atoms with Gasteiger partial charge in [-0.2, -0.15) is 0 Å². The lowest BCUT2D eigenvalue weighted by molar-refractivity contribution is 0.102. The van der Waals surface area contributed by atoms with Gasteiger partial charge >= 0.3 is 0 Å². The van der Waals surface area contributed by atoms with Crippen LogP contribution in [0.5, 0.6) is 0 Å². The number of amides is 1. The minimum Gasteiger partial charge on any atom is -0.467 e. The summed E-state index contributed by atoms with van der Waals surface area (Å²) in [7, 11) is 0. The highest BCUT2D eigenvalue weighted by molar-refractivity contribution is 6.04. The van der Waals surface area contributed by atoms with Crippen LogP contribution in [-0.2, 0) is 17.7 Å². The van der Waals surface area contributed by atoms with E-state index in [2.05, 4.69) is 45.2 Å². The van der Waals surface area contributed by atoms with Crippen molar-refractivity contribution in [1.29, 1.82) is 0 Å². The molecule has 7 nitrogen and oxygen atoms in total. The van der Waals surface area contributed by atoms with E-state index in [1.165, 1.54) is 11.3 Å². The second-order valence-electron chi connectivity index (χ2n) is 8.02.